The number of benzene rings is 3. The Balaban J connectivity index is 0.000000168. The zero-order valence-corrected chi connectivity index (χ0v) is 49.4. The van der Waals surface area contributed by atoms with Crippen molar-refractivity contribution in [2.45, 2.75) is 158 Å². The number of hydrogen-bond donors (Lipinski definition) is 4. The van der Waals surface area contributed by atoms with Gasteiger partial charge in [0.15, 0.2) is 15.5 Å². The topological polar surface area (TPSA) is 176 Å². The first-order valence-electron chi connectivity index (χ1n) is 26.2. The minimum Gasteiger partial charge on any atom is -0.497 e. The monoisotopic (exact) mass is 1120 g/mol. The van der Waals surface area contributed by atoms with Gasteiger partial charge in [-0.2, -0.15) is 0 Å². The third kappa shape index (κ3) is 15.0. The Morgan fingerprint density at radius 3 is 1.17 bits per heavy atom. The molecule has 9 rings (SSSR count). The summed E-state index contributed by atoms with van der Waals surface area (Å²) in [6, 6.07) is 23.7. The summed E-state index contributed by atoms with van der Waals surface area (Å²) >= 11 is 4.68. The van der Waals surface area contributed by atoms with Crippen LogP contribution in [0.3, 0.4) is 0 Å². The van der Waals surface area contributed by atoms with Gasteiger partial charge in [0.2, 0.25) is 0 Å². The number of hydrogen-bond acceptors (Lipinski definition) is 16. The number of rotatable bonds is 15. The van der Waals surface area contributed by atoms with Crippen molar-refractivity contribution in [3.05, 3.63) is 102 Å². The van der Waals surface area contributed by atoms with Crippen molar-refractivity contribution >= 4 is 50.8 Å². The molecular weight excluding hydrogens is 1040 g/mol. The minimum absolute atomic E-state index is 0.00235. The molecular formula is C57H81FN6O10S3. The molecule has 4 N–H and O–H groups in total. The number of nitrogens with one attached hydrogen (secondary N) is 3. The molecule has 16 nitrogen and oxygen atoms in total. The van der Waals surface area contributed by atoms with Gasteiger partial charge < -0.3 is 63.7 Å². The molecule has 77 heavy (non-hydrogen) atoms. The number of methoxy groups -OCH3 is 3. The Morgan fingerprint density at radius 1 is 0.558 bits per heavy atom. The van der Waals surface area contributed by atoms with E-state index in [0.29, 0.717) is 19.8 Å². The number of ether oxygens (including phenoxy) is 9. The molecule has 6 heterocycles. The van der Waals surface area contributed by atoms with Crippen LogP contribution >= 0.6 is 35.3 Å². The third-order valence-electron chi connectivity index (χ3n) is 14.6. The quantitative estimate of drug-likeness (QED) is 0.106. The molecule has 3 aromatic rings. The van der Waals surface area contributed by atoms with Gasteiger partial charge in [-0.1, -0.05) is 105 Å². The van der Waals surface area contributed by atoms with Crippen LogP contribution in [0.15, 0.2) is 99.9 Å². The van der Waals surface area contributed by atoms with Gasteiger partial charge in [0, 0.05) is 38.9 Å². The summed E-state index contributed by atoms with van der Waals surface area (Å²) in [6.07, 6.45) is -1.10. The molecule has 0 aliphatic carbocycles. The van der Waals surface area contributed by atoms with Crippen molar-refractivity contribution in [3.63, 3.8) is 0 Å². The highest BCUT2D eigenvalue weighted by Crippen LogP contribution is 2.44. The Kier molecular flexibility index (Phi) is 21.2. The molecule has 0 aromatic heterocycles. The van der Waals surface area contributed by atoms with Crippen LogP contribution in [0.1, 0.15) is 72.1 Å². The van der Waals surface area contributed by atoms with Crippen LogP contribution in [0.4, 0.5) is 4.39 Å². The SMILES string of the molecule is C=C(C)[C@H]1O[C@@H]2SC(=NC)N[C@@H]2[C@@H](OCc2ccc(OC)cc2)[C@@H]1C.CN=C1N[C@@H]2[C@@H](OCc3ccc(OC)cc3)[C@H](C)[C@@H](C(C)(C)F)O[C@@H]2S1.CN=C1N[C@@H]2[C@@H](OCc3ccc(OC)cc3)[C@H](C)[C@@H](C(C)(C)O)O[C@@H]2S1. The van der Waals surface area contributed by atoms with Gasteiger partial charge in [0.05, 0.1) is 102 Å². The van der Waals surface area contributed by atoms with Crippen molar-refractivity contribution in [3.8, 4) is 17.2 Å². The molecule has 0 unspecified atom stereocenters. The smallest absolute Gasteiger partial charge is 0.159 e. The number of fused-ring (bicyclic) bond motifs is 3. The minimum atomic E-state index is -1.45. The predicted octanol–water partition coefficient (Wildman–Crippen LogP) is 8.99. The fraction of sp³-hybridized carbons (Fsp3) is 0.596. The second kappa shape index (κ2) is 26.9. The normalized spacial score (nSPS) is 33.0. The van der Waals surface area contributed by atoms with Crippen LogP contribution < -0.4 is 30.2 Å². The molecule has 6 saturated heterocycles. The summed E-state index contributed by atoms with van der Waals surface area (Å²) < 4.78 is 67.8. The number of alkyl halides is 1. The second-order valence-electron chi connectivity index (χ2n) is 21.2. The molecule has 6 fully saturated rings. The van der Waals surface area contributed by atoms with Crippen molar-refractivity contribution < 1.29 is 52.1 Å². The molecule has 0 amide bonds. The Morgan fingerprint density at radius 2 is 0.870 bits per heavy atom. The van der Waals surface area contributed by atoms with Crippen LogP contribution in [0, 0.1) is 17.8 Å². The molecule has 0 bridgehead atoms. The van der Waals surface area contributed by atoms with E-state index in [1.54, 1.807) is 93.7 Å². The van der Waals surface area contributed by atoms with Crippen molar-refractivity contribution in [2.75, 3.05) is 42.5 Å². The summed E-state index contributed by atoms with van der Waals surface area (Å²) in [5.74, 6) is 2.63. The van der Waals surface area contributed by atoms with E-state index in [1.807, 2.05) is 86.6 Å². The first-order valence-corrected chi connectivity index (χ1v) is 28.8. The average molecular weight is 1130 g/mol. The number of aliphatic imine (C=N–C) groups is 3. The van der Waals surface area contributed by atoms with Gasteiger partial charge in [-0.25, -0.2) is 4.39 Å². The summed E-state index contributed by atoms with van der Waals surface area (Å²) in [5.41, 5.74) is 1.57. The van der Waals surface area contributed by atoms with Gasteiger partial charge in [-0.3, -0.25) is 15.0 Å². The van der Waals surface area contributed by atoms with Crippen molar-refractivity contribution in [2.24, 2.45) is 32.7 Å². The largest absolute Gasteiger partial charge is 0.497 e. The Hall–Kier alpha value is -4.09. The van der Waals surface area contributed by atoms with Gasteiger partial charge in [-0.05, 0) is 87.7 Å². The molecule has 3 aromatic carbocycles. The first-order chi connectivity index (χ1) is 36.7. The van der Waals surface area contributed by atoms with Gasteiger partial charge >= 0.3 is 0 Å². The highest BCUT2D eigenvalue weighted by atomic mass is 32.2. The number of aliphatic hydroxyl groups is 1. The fourth-order valence-electron chi connectivity index (χ4n) is 10.7. The predicted molar refractivity (Wildman–Crippen MR) is 308 cm³/mol. The van der Waals surface area contributed by atoms with Crippen LogP contribution in [-0.2, 0) is 48.2 Å². The molecule has 20 heteroatoms. The lowest BCUT2D eigenvalue weighted by Crippen LogP contribution is -2.60. The van der Waals surface area contributed by atoms with Crippen molar-refractivity contribution in [1.29, 1.82) is 0 Å². The molecule has 0 radical (unpaired) electrons. The molecule has 6 aliphatic rings. The lowest BCUT2D eigenvalue weighted by atomic mass is 9.82. The van der Waals surface area contributed by atoms with E-state index in [9.17, 15) is 9.50 Å². The van der Waals surface area contributed by atoms with Crippen LogP contribution in [0.2, 0.25) is 0 Å². The van der Waals surface area contributed by atoms with E-state index < -0.39 is 17.4 Å². The highest BCUT2D eigenvalue weighted by molar-refractivity contribution is 8.15. The van der Waals surface area contributed by atoms with Crippen LogP contribution in [0.5, 0.6) is 17.2 Å². The number of thioether (sulfide) groups is 3. The number of nitrogens with zero attached hydrogens (tertiary/aromatic N) is 3. The summed E-state index contributed by atoms with van der Waals surface area (Å²) in [7, 11) is 10.3. The van der Waals surface area contributed by atoms with E-state index in [1.165, 1.54) is 11.8 Å². The maximum atomic E-state index is 14.7. The maximum absolute atomic E-state index is 14.7. The first kappa shape index (κ1) is 60.5. The molecule has 15 atom stereocenters. The fourth-order valence-corrected chi connectivity index (χ4v) is 13.9. The van der Waals surface area contributed by atoms with Crippen molar-refractivity contribution in [1.82, 2.24) is 16.0 Å². The lowest BCUT2D eigenvalue weighted by molar-refractivity contribution is -0.194. The molecule has 0 saturated carbocycles. The van der Waals surface area contributed by atoms with E-state index in [-0.39, 0.29) is 82.7 Å². The number of halogens is 1. The standard InChI is InChI=1S/C19H27FN2O3S.C19H28N2O4S.C19H26N2O3S/c1-11-15(24-10-12-6-8-13(23-5)9-7-12)14-17(26-18(21-4)22-14)25-16(11)19(2,3)20;1-11-15(24-10-12-6-8-13(23-5)9-7-12)14-17(26-18(20-4)21-14)25-16(11)19(2,3)22;1-11(2)16-12(3)17(15-18(24-16)25-19(20-4)21-15)23-10-13-6-8-14(22-5)9-7-13/h6-9,11,14-17H,10H2,1-5H3,(H,21,22);6-9,11,14-17,22H,10H2,1-5H3,(H,20,21);6-9,12,15-18H,1,10H2,2-5H3,(H,20,21)/t2*11-,14+,15-,16-,17+;12-,15-,16-,17+,18-/m001/s1. The molecule has 424 valence electrons. The second-order valence-corrected chi connectivity index (χ2v) is 24.5. The summed E-state index contributed by atoms with van der Waals surface area (Å²) in [4.78, 5) is 12.7. The Labute approximate surface area is 468 Å². The van der Waals surface area contributed by atoms with Crippen LogP contribution in [0.25, 0.3) is 0 Å². The van der Waals surface area contributed by atoms with E-state index in [0.717, 1.165) is 55.0 Å². The molecule has 0 spiro atoms. The van der Waals surface area contributed by atoms with Gasteiger partial charge in [-0.15, -0.1) is 0 Å². The lowest BCUT2D eigenvalue weighted by Gasteiger charge is -2.46. The van der Waals surface area contributed by atoms with E-state index >= 15 is 0 Å². The van der Waals surface area contributed by atoms with Gasteiger partial charge in [0.25, 0.3) is 0 Å². The summed E-state index contributed by atoms with van der Waals surface area (Å²) in [5, 5.41) is 23.4. The zero-order chi connectivity index (χ0) is 55.8. The Bertz CT molecular complexity index is 2370. The molecule has 6 aliphatic heterocycles. The number of amidine groups is 3. The average Bonchev–Trinajstić information content (AvgIpc) is 4.18. The maximum Gasteiger partial charge on any atom is 0.159 e. The van der Waals surface area contributed by atoms with E-state index in [2.05, 4.69) is 51.4 Å². The van der Waals surface area contributed by atoms with E-state index in [4.69, 9.17) is 42.6 Å². The third-order valence-corrected chi connectivity index (χ3v) is 18.1. The summed E-state index contributed by atoms with van der Waals surface area (Å²) in [6.45, 7) is 20.6. The zero-order valence-electron chi connectivity index (χ0n) is 47.0. The van der Waals surface area contributed by atoms with Crippen LogP contribution in [-0.4, -0.2) is 145 Å². The van der Waals surface area contributed by atoms with Gasteiger partial charge in [0.1, 0.15) is 39.2 Å². The highest BCUT2D eigenvalue weighted by Gasteiger charge is 2.55.